The number of nitrogens with one attached hydrogen (secondary N) is 1. The van der Waals surface area contributed by atoms with E-state index < -0.39 is 0 Å². The van der Waals surface area contributed by atoms with E-state index in [1.54, 1.807) is 12.3 Å². The van der Waals surface area contributed by atoms with E-state index in [2.05, 4.69) is 63.5 Å². The van der Waals surface area contributed by atoms with E-state index in [1.165, 1.54) is 30.7 Å². The number of piperidine rings is 1. The van der Waals surface area contributed by atoms with Crippen molar-refractivity contribution in [1.82, 2.24) is 29.5 Å². The van der Waals surface area contributed by atoms with Crippen molar-refractivity contribution in [1.29, 1.82) is 0 Å². The number of anilines is 2. The van der Waals surface area contributed by atoms with E-state index in [0.717, 1.165) is 47.9 Å². The van der Waals surface area contributed by atoms with E-state index in [4.69, 9.17) is 5.10 Å². The third-order valence-corrected chi connectivity index (χ3v) is 8.38. The Balaban J connectivity index is 0.000000149. The molecule has 2 amide bonds. The molecule has 2 unspecified atom stereocenters. The molecule has 42 heavy (non-hydrogen) atoms. The molecule has 5 heterocycles. The summed E-state index contributed by atoms with van der Waals surface area (Å²) in [7, 11) is 0. The van der Waals surface area contributed by atoms with Crippen LogP contribution in [0, 0.1) is 36.8 Å². The van der Waals surface area contributed by atoms with Crippen molar-refractivity contribution >= 4 is 29.0 Å². The van der Waals surface area contributed by atoms with Gasteiger partial charge >= 0.3 is 17.1 Å². The van der Waals surface area contributed by atoms with Crippen molar-refractivity contribution in [3.63, 3.8) is 0 Å². The number of hydrogen-bond acceptors (Lipinski definition) is 7. The van der Waals surface area contributed by atoms with Gasteiger partial charge in [0, 0.05) is 48.3 Å². The smallest absolute Gasteiger partial charge is 0.376 e. The fourth-order valence-corrected chi connectivity index (χ4v) is 5.64. The van der Waals surface area contributed by atoms with Gasteiger partial charge in [-0.15, -0.1) is 19.9 Å². The summed E-state index contributed by atoms with van der Waals surface area (Å²) in [6, 6.07) is 9.99. The molecule has 0 aromatic carbocycles. The van der Waals surface area contributed by atoms with E-state index in [-0.39, 0.29) is 40.7 Å². The average Bonchev–Trinajstić information content (AvgIpc) is 3.87. The Labute approximate surface area is 255 Å². The molecule has 4 fully saturated rings. The molecular weight excluding hydrogens is 571 g/mol. The molecule has 4 aliphatic rings. The third kappa shape index (κ3) is 5.63. The summed E-state index contributed by atoms with van der Waals surface area (Å²) < 4.78 is 1.97. The Bertz CT molecular complexity index is 1640. The van der Waals surface area contributed by atoms with Crippen molar-refractivity contribution in [3.8, 4) is 0 Å². The molecule has 1 N–H and O–H groups in total. The largest absolute Gasteiger partial charge is 2.00 e. The molecule has 1 aliphatic heterocycles. The maximum Gasteiger partial charge on any atom is 2.00 e. The van der Waals surface area contributed by atoms with Gasteiger partial charge in [-0.1, -0.05) is 18.0 Å². The zero-order valence-corrected chi connectivity index (χ0v) is 25.0. The summed E-state index contributed by atoms with van der Waals surface area (Å²) in [6.07, 6.45) is 10.1. The van der Waals surface area contributed by atoms with Gasteiger partial charge in [0.15, 0.2) is 0 Å². The first kappa shape index (κ1) is 28.3. The van der Waals surface area contributed by atoms with E-state index >= 15 is 0 Å². The van der Waals surface area contributed by atoms with E-state index in [0.29, 0.717) is 23.6 Å². The number of amides is 2. The second-order valence-corrected chi connectivity index (χ2v) is 11.9. The zero-order valence-electron chi connectivity index (χ0n) is 23.8. The van der Waals surface area contributed by atoms with Crippen molar-refractivity contribution in [3.05, 3.63) is 77.7 Å². The molecule has 4 atom stereocenters. The minimum atomic E-state index is -0.0724. The van der Waals surface area contributed by atoms with Gasteiger partial charge in [0.25, 0.3) is 0 Å². The maximum atomic E-state index is 12.5. The molecule has 8 rings (SSSR count). The number of aryl methyl sites for hydroxylation is 1. The zero-order chi connectivity index (χ0) is 28.2. The van der Waals surface area contributed by atoms with Gasteiger partial charge in [-0.25, -0.2) is 19.6 Å². The Morgan fingerprint density at radius 3 is 2.62 bits per heavy atom. The Morgan fingerprint density at radius 1 is 1.12 bits per heavy atom. The van der Waals surface area contributed by atoms with Crippen LogP contribution in [0.2, 0.25) is 0 Å². The summed E-state index contributed by atoms with van der Waals surface area (Å²) in [5.41, 5.74) is 4.42. The van der Waals surface area contributed by atoms with Crippen LogP contribution in [0.5, 0.6) is 0 Å². The van der Waals surface area contributed by atoms with Crippen molar-refractivity contribution in [2.24, 2.45) is 17.8 Å². The quantitative estimate of drug-likeness (QED) is 0.258. The number of rotatable bonds is 6. The topological polar surface area (TPSA) is 118 Å². The van der Waals surface area contributed by atoms with Crippen LogP contribution in [0.3, 0.4) is 0 Å². The van der Waals surface area contributed by atoms with Gasteiger partial charge in [-0.3, -0.25) is 14.5 Å². The number of nitrogens with zero attached hydrogens (tertiary/aromatic N) is 7. The monoisotopic (exact) mass is 603 g/mol. The normalized spacial score (nSPS) is 23.4. The van der Waals surface area contributed by atoms with Crippen LogP contribution in [-0.4, -0.2) is 47.9 Å². The first-order valence-electron chi connectivity index (χ1n) is 14.3. The molecule has 11 heteroatoms. The molecule has 4 aromatic rings. The molecular formula is C31H32MnN8O2. The van der Waals surface area contributed by atoms with Crippen LogP contribution in [0.15, 0.2) is 42.9 Å². The van der Waals surface area contributed by atoms with E-state index in [9.17, 15) is 9.59 Å². The van der Waals surface area contributed by atoms with Crippen LogP contribution < -0.4 is 10.2 Å². The molecule has 215 valence electrons. The van der Waals surface area contributed by atoms with Gasteiger partial charge in [0.05, 0.1) is 0 Å². The summed E-state index contributed by atoms with van der Waals surface area (Å²) in [6.45, 7) is 6.95. The van der Waals surface area contributed by atoms with Gasteiger partial charge in [0.1, 0.15) is 11.6 Å². The molecule has 10 nitrogen and oxygen atoms in total. The summed E-state index contributed by atoms with van der Waals surface area (Å²) >= 11 is 0. The second kappa shape index (κ2) is 11.1. The first-order valence-corrected chi connectivity index (χ1v) is 14.3. The maximum absolute atomic E-state index is 12.5. The number of carbonyl (C=O) groups is 2. The van der Waals surface area contributed by atoms with Crippen molar-refractivity contribution in [2.45, 2.75) is 58.3 Å². The third-order valence-electron chi connectivity index (χ3n) is 8.38. The van der Waals surface area contributed by atoms with Crippen LogP contribution in [0.25, 0.3) is 5.52 Å². The number of carbonyl (C=O) groups excluding carboxylic acids is 2. The average molecular weight is 604 g/mol. The number of pyridine rings is 1. The minimum absolute atomic E-state index is 0. The van der Waals surface area contributed by atoms with Crippen LogP contribution in [0.1, 0.15) is 74.1 Å². The predicted octanol–water partition coefficient (Wildman–Crippen LogP) is 4.27. The molecule has 1 radical (unpaired) electrons. The van der Waals surface area contributed by atoms with E-state index in [1.807, 2.05) is 22.4 Å². The standard InChI is InChI=1S/C18H20N3O.C13H12N5O.Mn/c1-10(2)16-8-14-5-12(11-3-4-11)7-17(21(14)19-16)20-9-13-6-15(13)18(20)22;1-8-2-5-15-12(17-8)9-6-10(9)13(19)18-11-3-4-14-7-16-11;/h5,7-8,11,13,15H,3-4,6,9H2,1-2H3;2-3,5,7,9-10H,6H2,1H3,(H,14,16,18,19);/q2*-1;+2/t;9-,10-;/m.0./s1. The van der Waals surface area contributed by atoms with Crippen LogP contribution in [-0.2, 0) is 26.7 Å². The van der Waals surface area contributed by atoms with Gasteiger partial charge in [-0.2, -0.15) is 12.0 Å². The molecule has 4 aromatic heterocycles. The summed E-state index contributed by atoms with van der Waals surface area (Å²) in [5, 5.41) is 7.48. The van der Waals surface area contributed by atoms with Crippen LogP contribution in [0.4, 0.5) is 11.6 Å². The molecule has 3 aliphatic carbocycles. The van der Waals surface area contributed by atoms with Gasteiger partial charge in [-0.05, 0) is 67.7 Å². The fourth-order valence-electron chi connectivity index (χ4n) is 5.64. The fraction of sp³-hybridized carbons (Fsp3) is 0.419. The summed E-state index contributed by atoms with van der Waals surface area (Å²) in [4.78, 5) is 42.7. The Kier molecular flexibility index (Phi) is 7.49. The van der Waals surface area contributed by atoms with Crippen LogP contribution >= 0.6 is 0 Å². The number of aromatic nitrogens is 6. The SMILES string of the molecule is C[C-](C)c1cc2cc(C3CC3)cc(N3CC4CC4C3=O)n2n1.Cc1ccnc([C@H]2C[C@@H]2C(=O)Nc2c[c-]ncn2)n1.[Mn+2]. The minimum Gasteiger partial charge on any atom is -0.376 e. The molecule has 3 saturated carbocycles. The first-order chi connectivity index (χ1) is 19.9. The van der Waals surface area contributed by atoms with Gasteiger partial charge in [0.2, 0.25) is 11.8 Å². The molecule has 1 saturated heterocycles. The number of hydrogen-bond donors (Lipinski definition) is 1. The Hall–Kier alpha value is -3.82. The van der Waals surface area contributed by atoms with Crippen molar-refractivity contribution < 1.29 is 26.7 Å². The number of fused-ring (bicyclic) bond motifs is 2. The summed E-state index contributed by atoms with van der Waals surface area (Å²) in [5.74, 6) is 5.24. The molecule has 0 spiro atoms. The Morgan fingerprint density at radius 2 is 1.95 bits per heavy atom. The second-order valence-electron chi connectivity index (χ2n) is 11.9. The van der Waals surface area contributed by atoms with Crippen molar-refractivity contribution in [2.75, 3.05) is 16.8 Å². The van der Waals surface area contributed by atoms with Gasteiger partial charge < -0.3 is 15.3 Å². The predicted molar refractivity (Wildman–Crippen MR) is 152 cm³/mol. The molecule has 0 bridgehead atoms.